The Bertz CT molecular complexity index is 1360. The lowest BCUT2D eigenvalue weighted by atomic mass is 10.0. The predicted octanol–water partition coefficient (Wildman–Crippen LogP) is 6.12. The van der Waals surface area contributed by atoms with Crippen LogP contribution in [0.25, 0.3) is 28.2 Å². The Hall–Kier alpha value is -2.84. The molecule has 5 nitrogen and oxygen atoms in total. The number of imidazole rings is 1. The van der Waals surface area contributed by atoms with Crippen molar-refractivity contribution in [2.45, 2.75) is 31.3 Å². The highest BCUT2D eigenvalue weighted by Gasteiger charge is 2.25. The molecule has 3 aromatic carbocycles. The van der Waals surface area contributed by atoms with Gasteiger partial charge in [0.05, 0.1) is 26.9 Å². The first-order valence-electron chi connectivity index (χ1n) is 10.1. The molecule has 2 N–H and O–H groups in total. The average Bonchev–Trinajstić information content (AvgIpc) is 3.19. The number of hydrogen-bond acceptors (Lipinski definition) is 3. The van der Waals surface area contributed by atoms with Crippen LogP contribution in [0.3, 0.4) is 0 Å². The molecule has 8 heteroatoms. The van der Waals surface area contributed by atoms with Gasteiger partial charge in [-0.1, -0.05) is 35.9 Å². The molecule has 33 heavy (non-hydrogen) atoms. The lowest BCUT2D eigenvalue weighted by Crippen LogP contribution is -2.15. The molecule has 1 aromatic heterocycles. The highest BCUT2D eigenvalue weighted by Crippen LogP contribution is 2.35. The van der Waals surface area contributed by atoms with Crippen molar-refractivity contribution >= 4 is 22.7 Å². The molecule has 0 aliphatic heterocycles. The van der Waals surface area contributed by atoms with Crippen molar-refractivity contribution in [1.29, 1.82) is 0 Å². The van der Waals surface area contributed by atoms with E-state index < -0.39 is 22.5 Å². The van der Waals surface area contributed by atoms with Crippen molar-refractivity contribution in [3.05, 3.63) is 89.0 Å². The fourth-order valence-electron chi connectivity index (χ4n) is 3.64. The first kappa shape index (κ1) is 23.3. The van der Waals surface area contributed by atoms with E-state index in [-0.39, 0.29) is 16.4 Å². The SMILES string of the molecule is Cc1cc(-c2cccc(S(=O)O)c2)ccc1-n1cc(C(C)(C)O)nc1-c1c(F)cccc1Cl. The van der Waals surface area contributed by atoms with Crippen LogP contribution >= 0.6 is 11.6 Å². The van der Waals surface area contributed by atoms with Gasteiger partial charge in [-0.15, -0.1) is 0 Å². The Balaban J connectivity index is 1.88. The minimum Gasteiger partial charge on any atom is -0.384 e. The summed E-state index contributed by atoms with van der Waals surface area (Å²) < 4.78 is 37.3. The normalized spacial score (nSPS) is 12.7. The van der Waals surface area contributed by atoms with Gasteiger partial charge in [0.1, 0.15) is 17.2 Å². The Morgan fingerprint density at radius 3 is 2.39 bits per heavy atom. The Labute approximate surface area is 198 Å². The van der Waals surface area contributed by atoms with Gasteiger partial charge in [-0.05, 0) is 73.9 Å². The largest absolute Gasteiger partial charge is 0.384 e. The second kappa shape index (κ2) is 8.83. The zero-order valence-corrected chi connectivity index (χ0v) is 19.8. The molecular weight excluding hydrogens is 463 g/mol. The van der Waals surface area contributed by atoms with Crippen molar-refractivity contribution in [2.24, 2.45) is 0 Å². The number of aliphatic hydroxyl groups is 1. The van der Waals surface area contributed by atoms with E-state index in [1.165, 1.54) is 12.1 Å². The van der Waals surface area contributed by atoms with E-state index in [0.29, 0.717) is 10.6 Å². The maximum atomic E-state index is 14.8. The van der Waals surface area contributed by atoms with E-state index in [9.17, 15) is 18.3 Å². The van der Waals surface area contributed by atoms with Crippen molar-refractivity contribution < 1.29 is 18.3 Å². The average molecular weight is 485 g/mol. The quantitative estimate of drug-likeness (QED) is 0.335. The lowest BCUT2D eigenvalue weighted by molar-refractivity contribution is 0.0743. The molecule has 4 aromatic rings. The highest BCUT2D eigenvalue weighted by atomic mass is 35.5. The molecule has 4 rings (SSSR count). The number of rotatable bonds is 5. The molecule has 0 fully saturated rings. The molecule has 1 unspecified atom stereocenters. The topological polar surface area (TPSA) is 75.3 Å². The monoisotopic (exact) mass is 484 g/mol. The molecule has 0 amide bonds. The molecule has 1 heterocycles. The number of aryl methyl sites for hydroxylation is 1. The van der Waals surface area contributed by atoms with Crippen LogP contribution in [-0.4, -0.2) is 23.4 Å². The second-order valence-corrected chi connectivity index (χ2v) is 9.63. The van der Waals surface area contributed by atoms with Crippen LogP contribution in [0, 0.1) is 12.7 Å². The summed E-state index contributed by atoms with van der Waals surface area (Å²) in [6.45, 7) is 5.13. The zero-order valence-electron chi connectivity index (χ0n) is 18.2. The predicted molar refractivity (Wildman–Crippen MR) is 128 cm³/mol. The molecule has 0 aliphatic rings. The van der Waals surface area contributed by atoms with Gasteiger partial charge in [0, 0.05) is 6.20 Å². The zero-order chi connectivity index (χ0) is 23.9. The Kier molecular flexibility index (Phi) is 6.24. The third-order valence-electron chi connectivity index (χ3n) is 5.34. The molecule has 0 radical (unpaired) electrons. The summed E-state index contributed by atoms with van der Waals surface area (Å²) in [6, 6.07) is 17.0. The molecule has 170 valence electrons. The maximum absolute atomic E-state index is 14.8. The van der Waals surface area contributed by atoms with E-state index in [2.05, 4.69) is 4.98 Å². The number of benzene rings is 3. The summed E-state index contributed by atoms with van der Waals surface area (Å²) in [5.74, 6) is -0.233. The van der Waals surface area contributed by atoms with Gasteiger partial charge < -0.3 is 9.66 Å². The van der Waals surface area contributed by atoms with Crippen molar-refractivity contribution in [3.63, 3.8) is 0 Å². The first-order chi connectivity index (χ1) is 15.6. The molecule has 0 saturated carbocycles. The molecule has 0 spiro atoms. The van der Waals surface area contributed by atoms with E-state index >= 15 is 0 Å². The van der Waals surface area contributed by atoms with Crippen LogP contribution in [0.15, 0.2) is 71.8 Å². The molecule has 1 atom stereocenters. The molecule has 0 saturated heterocycles. The fraction of sp³-hybridized carbons (Fsp3) is 0.160. The summed E-state index contributed by atoms with van der Waals surface area (Å²) in [6.07, 6.45) is 1.68. The van der Waals surface area contributed by atoms with Crippen LogP contribution < -0.4 is 0 Å². The second-order valence-electron chi connectivity index (χ2n) is 8.25. The number of hydrogen-bond donors (Lipinski definition) is 2. The summed E-state index contributed by atoms with van der Waals surface area (Å²) in [5.41, 5.74) is 2.53. The van der Waals surface area contributed by atoms with Gasteiger partial charge in [-0.3, -0.25) is 4.57 Å². The van der Waals surface area contributed by atoms with Crippen LogP contribution in [-0.2, 0) is 16.7 Å². The van der Waals surface area contributed by atoms with Crippen molar-refractivity contribution in [3.8, 4) is 28.2 Å². The van der Waals surface area contributed by atoms with Gasteiger partial charge in [-0.25, -0.2) is 13.6 Å². The van der Waals surface area contributed by atoms with Gasteiger partial charge in [-0.2, -0.15) is 0 Å². The summed E-state index contributed by atoms with van der Waals surface area (Å²) in [5, 5.41) is 10.8. The van der Waals surface area contributed by atoms with Crippen LogP contribution in [0.4, 0.5) is 4.39 Å². The van der Waals surface area contributed by atoms with Gasteiger partial charge in [0.15, 0.2) is 11.1 Å². The van der Waals surface area contributed by atoms with E-state index in [1.54, 1.807) is 48.9 Å². The van der Waals surface area contributed by atoms with Crippen LogP contribution in [0.1, 0.15) is 25.1 Å². The van der Waals surface area contributed by atoms with Gasteiger partial charge in [0.2, 0.25) is 0 Å². The molecule has 0 bridgehead atoms. The van der Waals surface area contributed by atoms with E-state index in [4.69, 9.17) is 11.6 Å². The van der Waals surface area contributed by atoms with Crippen LogP contribution in [0.5, 0.6) is 0 Å². The Morgan fingerprint density at radius 2 is 1.76 bits per heavy atom. The van der Waals surface area contributed by atoms with Crippen LogP contribution in [0.2, 0.25) is 5.02 Å². The first-order valence-corrected chi connectivity index (χ1v) is 11.6. The standard InChI is InChI=1S/C25H22ClFN2O3S/c1-15-12-17(16-6-4-7-18(13-16)33(31)32)10-11-21(15)29-14-22(25(2,3)30)28-24(29)23-19(26)8-5-9-20(23)27/h4-14,30H,1-3H3,(H,31,32). The lowest BCUT2D eigenvalue weighted by Gasteiger charge is -2.14. The van der Waals surface area contributed by atoms with E-state index in [0.717, 1.165) is 22.4 Å². The Morgan fingerprint density at radius 1 is 1.06 bits per heavy atom. The van der Waals surface area contributed by atoms with Gasteiger partial charge >= 0.3 is 0 Å². The number of nitrogens with zero attached hydrogens (tertiary/aromatic N) is 2. The highest BCUT2D eigenvalue weighted by molar-refractivity contribution is 7.79. The minimum absolute atomic E-state index is 0.149. The molecule has 0 aliphatic carbocycles. The summed E-state index contributed by atoms with van der Waals surface area (Å²) >= 11 is 4.26. The van der Waals surface area contributed by atoms with E-state index in [1.807, 2.05) is 31.2 Å². The fourth-order valence-corrected chi connectivity index (χ4v) is 4.31. The maximum Gasteiger partial charge on any atom is 0.186 e. The molecular formula is C25H22ClFN2O3S. The summed E-state index contributed by atoms with van der Waals surface area (Å²) in [7, 11) is 0. The smallest absolute Gasteiger partial charge is 0.186 e. The summed E-state index contributed by atoms with van der Waals surface area (Å²) in [4.78, 5) is 4.84. The minimum atomic E-state index is -2.07. The number of halogens is 2. The van der Waals surface area contributed by atoms with Crippen molar-refractivity contribution in [1.82, 2.24) is 9.55 Å². The number of aromatic nitrogens is 2. The third-order valence-corrected chi connectivity index (χ3v) is 6.32. The van der Waals surface area contributed by atoms with Gasteiger partial charge in [0.25, 0.3) is 0 Å². The third kappa shape index (κ3) is 4.63. The van der Waals surface area contributed by atoms with Crippen molar-refractivity contribution in [2.75, 3.05) is 0 Å².